The summed E-state index contributed by atoms with van der Waals surface area (Å²) in [7, 11) is -3.78. The predicted octanol–water partition coefficient (Wildman–Crippen LogP) is 5.37. The maximum atomic E-state index is 13.4. The van der Waals surface area contributed by atoms with E-state index in [9.17, 15) is 58.7 Å². The van der Waals surface area contributed by atoms with Gasteiger partial charge >= 0.3 is 30.8 Å². The highest BCUT2D eigenvalue weighted by atomic mass is 32.2. The van der Waals surface area contributed by atoms with Crippen LogP contribution in [-0.2, 0) is 37.6 Å². The SMILES string of the molecule is CCOP(=O)(OCC)C(C)(C)/[N+](O)=C/c1ccc(NC(=O)CSCC(NC(=O)CCC(NC(=S)Nc2ccc(-c3c4ccc(=O)cc-4oc4cc(O)ccc34)c(C(=O)O)c2)C(=O)O)C(=O)NCC(=O)O)cc1. The number of aliphatic carboxylic acids is 2. The summed E-state index contributed by atoms with van der Waals surface area (Å²) in [5.41, 5.74) is 1.63. The molecule has 0 fully saturated rings. The molecule has 1 heterocycles. The van der Waals surface area contributed by atoms with E-state index in [1.165, 1.54) is 68.6 Å². The van der Waals surface area contributed by atoms with E-state index < -0.39 is 73.6 Å². The number of hydrogen-bond donors (Lipinski definition) is 10. The van der Waals surface area contributed by atoms with Gasteiger partial charge in [0.25, 0.3) is 0 Å². The number of nitrogens with one attached hydrogen (secondary N) is 5. The molecule has 10 N–H and O–H groups in total. The molecule has 3 aromatic rings. The van der Waals surface area contributed by atoms with Crippen LogP contribution >= 0.6 is 31.6 Å². The number of fused-ring (bicyclic) bond motifs is 2. The molecule has 382 valence electrons. The minimum absolute atomic E-state index is 0.0907. The first-order valence-corrected chi connectivity index (χ1v) is 25.0. The summed E-state index contributed by atoms with van der Waals surface area (Å²) >= 11 is 6.29. The minimum atomic E-state index is -3.78. The van der Waals surface area contributed by atoms with Crippen LogP contribution < -0.4 is 32.0 Å². The van der Waals surface area contributed by atoms with E-state index in [1.807, 2.05) is 0 Å². The Balaban J connectivity index is 1.19. The van der Waals surface area contributed by atoms with Crippen LogP contribution in [0.2, 0.25) is 0 Å². The maximum absolute atomic E-state index is 13.4. The molecule has 0 bridgehead atoms. The van der Waals surface area contributed by atoms with Crippen LogP contribution in [-0.4, -0.2) is 126 Å². The summed E-state index contributed by atoms with van der Waals surface area (Å²) in [4.78, 5) is 87.3. The van der Waals surface area contributed by atoms with Crippen molar-refractivity contribution in [3.63, 3.8) is 0 Å². The van der Waals surface area contributed by atoms with E-state index >= 15 is 0 Å². The third-order valence-corrected chi connectivity index (χ3v) is 14.6. The smallest absolute Gasteiger partial charge is 0.405 e. The Morgan fingerprint density at radius 2 is 1.51 bits per heavy atom. The number of aromatic carboxylic acids is 1. The van der Waals surface area contributed by atoms with Crippen molar-refractivity contribution >= 4 is 101 Å². The van der Waals surface area contributed by atoms with Crippen molar-refractivity contribution < 1.29 is 77.2 Å². The number of thiocarbonyl (C=S) groups is 1. The Morgan fingerprint density at radius 1 is 0.847 bits per heavy atom. The summed E-state index contributed by atoms with van der Waals surface area (Å²) in [6.07, 6.45) is 0.483. The number of carboxylic acids is 3. The lowest BCUT2D eigenvalue weighted by Gasteiger charge is -2.26. The molecule has 3 amide bonds. The third-order valence-electron chi connectivity index (χ3n) is 10.6. The molecule has 0 saturated carbocycles. The zero-order valence-corrected chi connectivity index (χ0v) is 41.7. The Hall–Kier alpha value is -7.37. The number of hydroxylamine groups is 1. The average molecular weight is 1050 g/mol. The maximum Gasteiger partial charge on any atom is 0.405 e. The number of benzene rings is 4. The number of carbonyl (C=O) groups excluding carboxylic acids is 3. The van der Waals surface area contributed by atoms with Crippen molar-refractivity contribution in [1.29, 1.82) is 0 Å². The molecule has 1 aliphatic heterocycles. The second kappa shape index (κ2) is 24.6. The molecule has 3 aromatic carbocycles. The van der Waals surface area contributed by atoms with E-state index in [-0.39, 0.29) is 75.6 Å². The van der Waals surface area contributed by atoms with E-state index in [0.717, 1.165) is 16.5 Å². The lowest BCUT2D eigenvalue weighted by Crippen LogP contribution is -2.50. The fourth-order valence-corrected chi connectivity index (χ4v) is 9.80. The lowest BCUT2D eigenvalue weighted by atomic mass is 9.90. The first-order chi connectivity index (χ1) is 34.0. The van der Waals surface area contributed by atoms with E-state index in [2.05, 4.69) is 26.6 Å². The van der Waals surface area contributed by atoms with Crippen molar-refractivity contribution in [2.75, 3.05) is 41.9 Å². The van der Waals surface area contributed by atoms with Crippen molar-refractivity contribution in [1.82, 2.24) is 16.0 Å². The standard InChI is InChI=1S/C47H51N6O16PS2/c1-5-67-70(66,68-6-2)47(3,4)53(65)23-26-7-9-27(10-8-26)49-40(57)25-72-24-36(43(60)48-22-41(58)59)51-39(56)18-17-35(45(63)64)52-46(71)50-28-11-14-31(34(19-28)44(61)62)42-32-15-12-29(54)20-37(32)69-38-21-30(55)13-16-33(38)42/h7-16,19-21,23,35-36,65H,5-6,17-18,22,24-25H2,1-4H3,(H8,48,50,51,52,54,55,56,58,59,60,61,62,63,64,71)/p+1. The highest BCUT2D eigenvalue weighted by Gasteiger charge is 2.54. The van der Waals surface area contributed by atoms with Crippen LogP contribution in [0.5, 0.6) is 5.75 Å². The highest BCUT2D eigenvalue weighted by Crippen LogP contribution is 2.59. The molecule has 2 atom stereocenters. The summed E-state index contributed by atoms with van der Waals surface area (Å²) in [6, 6.07) is 16.0. The summed E-state index contributed by atoms with van der Waals surface area (Å²) in [5, 5.41) is 61.7. The van der Waals surface area contributed by atoms with Crippen LogP contribution in [0.4, 0.5) is 11.4 Å². The molecular formula is C47H52N6O16PS2+. The van der Waals surface area contributed by atoms with Gasteiger partial charge in [-0.3, -0.25) is 33.7 Å². The predicted molar refractivity (Wildman–Crippen MR) is 270 cm³/mol. The monoisotopic (exact) mass is 1050 g/mol. The van der Waals surface area contributed by atoms with Crippen LogP contribution in [0.15, 0.2) is 88.1 Å². The van der Waals surface area contributed by atoms with Crippen LogP contribution in [0.25, 0.3) is 33.4 Å². The Morgan fingerprint density at radius 3 is 2.15 bits per heavy atom. The van der Waals surface area contributed by atoms with Gasteiger partial charge in [-0.2, -0.15) is 0 Å². The van der Waals surface area contributed by atoms with Gasteiger partial charge in [0.05, 0.1) is 24.5 Å². The number of carbonyl (C=O) groups is 6. The van der Waals surface area contributed by atoms with Crippen LogP contribution in [0.3, 0.4) is 0 Å². The van der Waals surface area contributed by atoms with E-state index in [1.54, 1.807) is 44.2 Å². The molecule has 2 aliphatic rings. The number of phenolic OH excluding ortho intramolecular Hbond substituents is 1. The van der Waals surface area contributed by atoms with Crippen molar-refractivity contribution in [2.45, 2.75) is 57.9 Å². The summed E-state index contributed by atoms with van der Waals surface area (Å²) in [5.74, 6) is -6.67. The molecule has 72 heavy (non-hydrogen) atoms. The van der Waals surface area contributed by atoms with Crippen molar-refractivity contribution in [3.05, 3.63) is 100 Å². The Bertz CT molecular complexity index is 2970. The molecule has 0 aromatic heterocycles. The first kappa shape index (κ1) is 55.6. The van der Waals surface area contributed by atoms with E-state index in [4.69, 9.17) is 30.8 Å². The first-order valence-electron chi connectivity index (χ1n) is 21.9. The van der Waals surface area contributed by atoms with Gasteiger partial charge in [0.2, 0.25) is 23.9 Å². The number of rotatable bonds is 24. The van der Waals surface area contributed by atoms with Crippen LogP contribution in [0.1, 0.15) is 56.5 Å². The molecule has 2 unspecified atom stereocenters. The fraction of sp³-hybridized carbons (Fsp3) is 0.298. The number of hydrogen-bond acceptors (Lipinski definition) is 15. The second-order valence-corrected chi connectivity index (χ2v) is 20.2. The molecule has 25 heteroatoms. The van der Waals surface area contributed by atoms with Gasteiger partial charge in [-0.25, -0.2) is 9.59 Å². The summed E-state index contributed by atoms with van der Waals surface area (Å²) < 4.78 is 30.7. The zero-order valence-electron chi connectivity index (χ0n) is 39.1. The third kappa shape index (κ3) is 14.4. The largest absolute Gasteiger partial charge is 0.508 e. The van der Waals surface area contributed by atoms with Gasteiger partial charge < -0.3 is 60.5 Å². The molecule has 0 radical (unpaired) electrons. The molecule has 0 spiro atoms. The molecule has 22 nitrogen and oxygen atoms in total. The second-order valence-electron chi connectivity index (χ2n) is 16.1. The Labute approximate surface area is 420 Å². The van der Waals surface area contributed by atoms with Gasteiger partial charge in [-0.15, -0.1) is 11.8 Å². The fourth-order valence-electron chi connectivity index (χ4n) is 7.00. The van der Waals surface area contributed by atoms with Gasteiger partial charge in [-0.05, 0) is 103 Å². The number of phenols is 1. The van der Waals surface area contributed by atoms with E-state index in [0.29, 0.717) is 27.8 Å². The number of carboxylic acid groups (broad SMARTS) is 3. The van der Waals surface area contributed by atoms with Crippen LogP contribution in [0, 0.1) is 0 Å². The minimum Gasteiger partial charge on any atom is -0.508 e. The number of thioether (sulfide) groups is 1. The molecular weight excluding hydrogens is 1000 g/mol. The molecule has 0 saturated heterocycles. The number of amides is 3. The normalized spacial score (nSPS) is 12.6. The Kier molecular flexibility index (Phi) is 19.0. The zero-order chi connectivity index (χ0) is 52.9. The summed E-state index contributed by atoms with van der Waals surface area (Å²) in [6.45, 7) is 5.71. The number of nitrogens with zero attached hydrogens (tertiary/aromatic N) is 1. The molecule has 5 rings (SSSR count). The quantitative estimate of drug-likeness (QED) is 0.00706. The van der Waals surface area contributed by atoms with Gasteiger partial charge in [0, 0.05) is 71.6 Å². The molecule has 1 aliphatic carbocycles. The van der Waals surface area contributed by atoms with Crippen molar-refractivity contribution in [2.24, 2.45) is 0 Å². The van der Waals surface area contributed by atoms with Crippen molar-refractivity contribution in [3.8, 4) is 28.2 Å². The topological polar surface area (TPSA) is 332 Å². The highest BCUT2D eigenvalue weighted by molar-refractivity contribution is 8.00. The van der Waals surface area contributed by atoms with Gasteiger partial charge in [-0.1, -0.05) is 6.07 Å². The van der Waals surface area contributed by atoms with Gasteiger partial charge in [0.15, 0.2) is 10.5 Å². The number of aromatic hydroxyl groups is 1. The van der Waals surface area contributed by atoms with Gasteiger partial charge in [0.1, 0.15) is 35.7 Å². The average Bonchev–Trinajstić information content (AvgIpc) is 3.31. The lowest BCUT2D eigenvalue weighted by molar-refractivity contribution is -0.804. The number of anilines is 2.